The van der Waals surface area contributed by atoms with Crippen molar-refractivity contribution in [1.82, 2.24) is 0 Å². The number of carbonyl (C=O) groups is 1. The lowest BCUT2D eigenvalue weighted by atomic mass is 9.44. The quantitative estimate of drug-likeness (QED) is 0.445. The van der Waals surface area contributed by atoms with E-state index >= 15 is 0 Å². The Balaban J connectivity index is 1.60. The van der Waals surface area contributed by atoms with E-state index in [0.29, 0.717) is 11.5 Å². The molecule has 19 heavy (non-hydrogen) atoms. The van der Waals surface area contributed by atoms with E-state index in [1.165, 1.54) is 20.0 Å². The fourth-order valence-corrected chi connectivity index (χ4v) is 4.54. The second kappa shape index (κ2) is 4.08. The third kappa shape index (κ3) is 1.78. The van der Waals surface area contributed by atoms with E-state index in [-0.39, 0.29) is 11.6 Å². The summed E-state index contributed by atoms with van der Waals surface area (Å²) >= 11 is 0. The van der Waals surface area contributed by atoms with Crippen LogP contribution in [0.15, 0.2) is 11.6 Å². The molecule has 2 bridgehead atoms. The number of rotatable bonds is 4. The number of hydrogen-bond acceptors (Lipinski definition) is 3. The van der Waals surface area contributed by atoms with Crippen LogP contribution in [0.1, 0.15) is 46.5 Å². The Morgan fingerprint density at radius 2 is 2.16 bits per heavy atom. The molecule has 1 saturated heterocycles. The average molecular weight is 264 g/mol. The molecule has 0 aromatic carbocycles. The molecule has 0 amide bonds. The highest BCUT2D eigenvalue weighted by atomic mass is 16.6. The first kappa shape index (κ1) is 13.2. The molecule has 1 aliphatic heterocycles. The van der Waals surface area contributed by atoms with Crippen LogP contribution in [0.3, 0.4) is 0 Å². The third-order valence-corrected chi connectivity index (χ3v) is 6.06. The number of esters is 1. The van der Waals surface area contributed by atoms with Crippen molar-refractivity contribution in [3.63, 3.8) is 0 Å². The van der Waals surface area contributed by atoms with Crippen LogP contribution in [0.5, 0.6) is 0 Å². The van der Waals surface area contributed by atoms with E-state index in [0.717, 1.165) is 30.3 Å². The molecule has 4 fully saturated rings. The summed E-state index contributed by atoms with van der Waals surface area (Å²) in [5.74, 6) is 1.33. The zero-order valence-corrected chi connectivity index (χ0v) is 12.4. The molecule has 5 atom stereocenters. The van der Waals surface area contributed by atoms with Crippen molar-refractivity contribution in [3.05, 3.63) is 11.6 Å². The summed E-state index contributed by atoms with van der Waals surface area (Å²) in [5.41, 5.74) is 1.31. The smallest absolute Gasteiger partial charge is 0.333 e. The molecule has 0 aromatic rings. The van der Waals surface area contributed by atoms with Gasteiger partial charge < -0.3 is 9.47 Å². The van der Waals surface area contributed by atoms with Gasteiger partial charge in [0.1, 0.15) is 0 Å². The number of allylic oxidation sites excluding steroid dienone is 1. The van der Waals surface area contributed by atoms with Crippen molar-refractivity contribution in [1.29, 1.82) is 0 Å². The van der Waals surface area contributed by atoms with Gasteiger partial charge in [0.25, 0.3) is 0 Å². The monoisotopic (exact) mass is 264 g/mol. The van der Waals surface area contributed by atoms with Gasteiger partial charge in [0.2, 0.25) is 0 Å². The average Bonchev–Trinajstić information content (AvgIpc) is 3.08. The van der Waals surface area contributed by atoms with Crippen molar-refractivity contribution in [2.75, 3.05) is 7.11 Å². The summed E-state index contributed by atoms with van der Waals surface area (Å²) in [5, 5.41) is 0. The highest BCUT2D eigenvalue weighted by molar-refractivity contribution is 5.87. The molecule has 3 nitrogen and oxygen atoms in total. The van der Waals surface area contributed by atoms with Gasteiger partial charge in [-0.1, -0.05) is 13.0 Å². The number of hydrogen-bond donors (Lipinski definition) is 0. The predicted molar refractivity (Wildman–Crippen MR) is 72.6 cm³/mol. The zero-order valence-electron chi connectivity index (χ0n) is 12.4. The molecule has 1 heterocycles. The van der Waals surface area contributed by atoms with Gasteiger partial charge in [0.05, 0.1) is 18.8 Å². The Bertz CT molecular complexity index is 441. The minimum absolute atomic E-state index is 0.171. The normalized spacial score (nSPS) is 47.2. The first-order valence-corrected chi connectivity index (χ1v) is 7.34. The van der Waals surface area contributed by atoms with Crippen LogP contribution in [0.4, 0.5) is 0 Å². The summed E-state index contributed by atoms with van der Waals surface area (Å²) in [6.07, 6.45) is 7.26. The van der Waals surface area contributed by atoms with Crippen LogP contribution in [0, 0.1) is 17.3 Å². The van der Waals surface area contributed by atoms with Crippen LogP contribution in [0.2, 0.25) is 0 Å². The van der Waals surface area contributed by atoms with Crippen molar-refractivity contribution in [2.24, 2.45) is 17.3 Å². The van der Waals surface area contributed by atoms with Gasteiger partial charge in [-0.3, -0.25) is 0 Å². The second-order valence-electron chi connectivity index (χ2n) is 6.93. The maximum absolute atomic E-state index is 11.3. The molecular formula is C16H24O3. The first-order chi connectivity index (χ1) is 8.91. The fraction of sp³-hybridized carbons (Fsp3) is 0.812. The van der Waals surface area contributed by atoms with Crippen LogP contribution in [-0.2, 0) is 14.3 Å². The van der Waals surface area contributed by atoms with Crippen LogP contribution in [-0.4, -0.2) is 24.8 Å². The number of ether oxygens (including phenoxy) is 2. The van der Waals surface area contributed by atoms with Crippen LogP contribution in [0.25, 0.3) is 0 Å². The second-order valence-corrected chi connectivity index (χ2v) is 6.93. The van der Waals surface area contributed by atoms with E-state index in [1.54, 1.807) is 0 Å². The van der Waals surface area contributed by atoms with E-state index in [4.69, 9.17) is 9.47 Å². The topological polar surface area (TPSA) is 38.8 Å². The largest absolute Gasteiger partial charge is 0.466 e. The van der Waals surface area contributed by atoms with Crippen molar-refractivity contribution in [3.8, 4) is 0 Å². The highest BCUT2D eigenvalue weighted by Gasteiger charge is 2.73. The maximum atomic E-state index is 11.3. The van der Waals surface area contributed by atoms with Gasteiger partial charge in [-0.15, -0.1) is 0 Å². The maximum Gasteiger partial charge on any atom is 0.333 e. The van der Waals surface area contributed by atoms with Gasteiger partial charge in [0, 0.05) is 5.57 Å². The molecule has 0 aromatic heterocycles. The summed E-state index contributed by atoms with van der Waals surface area (Å²) in [6, 6.07) is 0. The molecule has 0 radical (unpaired) electrons. The number of methoxy groups -OCH3 is 1. The minimum atomic E-state index is -0.212. The lowest BCUT2D eigenvalue weighted by Gasteiger charge is -2.59. The molecule has 4 rings (SSSR count). The van der Waals surface area contributed by atoms with Gasteiger partial charge in [-0.25, -0.2) is 4.79 Å². The molecule has 106 valence electrons. The van der Waals surface area contributed by atoms with E-state index < -0.39 is 0 Å². The summed E-state index contributed by atoms with van der Waals surface area (Å²) in [4.78, 5) is 11.3. The van der Waals surface area contributed by atoms with Crippen molar-refractivity contribution >= 4 is 5.97 Å². The summed E-state index contributed by atoms with van der Waals surface area (Å²) in [7, 11) is 1.43. The third-order valence-electron chi connectivity index (χ3n) is 6.06. The highest BCUT2D eigenvalue weighted by Crippen LogP contribution is 2.71. The molecular weight excluding hydrogens is 240 g/mol. The van der Waals surface area contributed by atoms with Gasteiger partial charge in [0.15, 0.2) is 0 Å². The summed E-state index contributed by atoms with van der Waals surface area (Å²) in [6.45, 7) is 6.53. The Morgan fingerprint density at radius 1 is 1.42 bits per heavy atom. The predicted octanol–water partition coefficient (Wildman–Crippen LogP) is 3.09. The zero-order chi connectivity index (χ0) is 13.8. The van der Waals surface area contributed by atoms with Crippen LogP contribution < -0.4 is 0 Å². The minimum Gasteiger partial charge on any atom is -0.466 e. The Kier molecular flexibility index (Phi) is 2.83. The fourth-order valence-electron chi connectivity index (χ4n) is 4.54. The van der Waals surface area contributed by atoms with Crippen LogP contribution >= 0.6 is 0 Å². The standard InChI is InChI=1S/C16H24O3/c1-10(14(17)18-4)6-5-7-15(2)11-8-12(15)16(3)13(9-11)19-16/h6,11-13H,5,7-9H2,1-4H3/b10-6+/t11-,12-,13?,15-,16?/m1/s1. The van der Waals surface area contributed by atoms with Gasteiger partial charge in [-0.05, 0) is 56.8 Å². The number of carbonyl (C=O) groups excluding carboxylic acids is 1. The number of epoxide rings is 1. The molecule has 2 unspecified atom stereocenters. The van der Waals surface area contributed by atoms with Crippen molar-refractivity contribution in [2.45, 2.75) is 58.2 Å². The Hall–Kier alpha value is -0.830. The molecule has 0 spiro atoms. The Labute approximate surface area is 115 Å². The Morgan fingerprint density at radius 3 is 2.79 bits per heavy atom. The lowest BCUT2D eigenvalue weighted by molar-refractivity contribution is -0.136. The van der Waals surface area contributed by atoms with Crippen molar-refractivity contribution < 1.29 is 14.3 Å². The first-order valence-electron chi connectivity index (χ1n) is 7.34. The molecule has 3 heteroatoms. The summed E-state index contributed by atoms with van der Waals surface area (Å²) < 4.78 is 10.6. The van der Waals surface area contributed by atoms with Gasteiger partial charge >= 0.3 is 5.97 Å². The lowest BCUT2D eigenvalue weighted by Crippen LogP contribution is -2.57. The van der Waals surface area contributed by atoms with E-state index in [9.17, 15) is 4.79 Å². The molecule has 0 N–H and O–H groups in total. The van der Waals surface area contributed by atoms with Gasteiger partial charge in [-0.2, -0.15) is 0 Å². The molecule has 4 aliphatic rings. The van der Waals surface area contributed by atoms with E-state index in [2.05, 4.69) is 13.8 Å². The molecule has 3 saturated carbocycles. The molecule has 3 aliphatic carbocycles. The van der Waals surface area contributed by atoms with E-state index in [1.807, 2.05) is 13.0 Å². The SMILES string of the molecule is COC(=O)/C(C)=C/CC[C@]1(C)[C@H]2CC3OC3(C)[C@@H]1C2.